The van der Waals surface area contributed by atoms with Crippen LogP contribution in [0.15, 0.2) is 77.7 Å². The fourth-order valence-corrected chi connectivity index (χ4v) is 8.01. The Morgan fingerprint density at radius 2 is 1.64 bits per heavy atom. The van der Waals surface area contributed by atoms with Crippen molar-refractivity contribution < 1.29 is 37.4 Å². The summed E-state index contributed by atoms with van der Waals surface area (Å²) in [5.41, 5.74) is 1.29. The van der Waals surface area contributed by atoms with Crippen molar-refractivity contribution in [1.29, 1.82) is 0 Å². The number of nitrogens with zero attached hydrogens (tertiary/aromatic N) is 4. The summed E-state index contributed by atoms with van der Waals surface area (Å²) < 4.78 is 41.3. The van der Waals surface area contributed by atoms with E-state index < -0.39 is 46.8 Å². The monoisotopic (exact) mass is 684 g/mol. The molecule has 2 heterocycles. The lowest BCUT2D eigenvalue weighted by Gasteiger charge is -2.55. The van der Waals surface area contributed by atoms with Gasteiger partial charge in [-0.2, -0.15) is 4.31 Å². The van der Waals surface area contributed by atoms with Crippen LogP contribution in [0.3, 0.4) is 0 Å². The minimum absolute atomic E-state index is 0.0375. The van der Waals surface area contributed by atoms with Gasteiger partial charge < -0.3 is 24.4 Å². The lowest BCUT2D eigenvalue weighted by atomic mass is 9.96. The van der Waals surface area contributed by atoms with Gasteiger partial charge in [0.2, 0.25) is 21.8 Å². The van der Waals surface area contributed by atoms with Crippen molar-refractivity contribution in [2.24, 2.45) is 0 Å². The van der Waals surface area contributed by atoms with Crippen LogP contribution in [-0.2, 0) is 32.6 Å². The minimum atomic E-state index is -4.51. The number of benzene rings is 3. The average Bonchev–Trinajstić information content (AvgIpc) is 3.05. The number of carboxylic acid groups (broad SMARTS) is 1. The van der Waals surface area contributed by atoms with E-state index in [1.54, 1.807) is 65.6 Å². The van der Waals surface area contributed by atoms with E-state index in [1.807, 2.05) is 13.8 Å². The van der Waals surface area contributed by atoms with Gasteiger partial charge >= 0.3 is 6.09 Å². The summed E-state index contributed by atoms with van der Waals surface area (Å²) in [4.78, 5) is 45.0. The first-order valence-corrected chi connectivity index (χ1v) is 16.8. The van der Waals surface area contributed by atoms with Crippen LogP contribution >= 0.6 is 11.6 Å². The molecule has 5 rings (SSSR count). The number of hydrogen-bond acceptors (Lipinski definition) is 7. The van der Waals surface area contributed by atoms with Crippen LogP contribution in [0.5, 0.6) is 11.5 Å². The number of fused-ring (bicyclic) bond motifs is 1. The van der Waals surface area contributed by atoms with Crippen LogP contribution in [0.4, 0.5) is 4.79 Å². The molecular formula is C33H37ClN4O8S. The molecule has 1 N–H and O–H groups in total. The first kappa shape index (κ1) is 34.0. The van der Waals surface area contributed by atoms with Gasteiger partial charge in [0.1, 0.15) is 34.6 Å². The first-order chi connectivity index (χ1) is 22.4. The zero-order valence-corrected chi connectivity index (χ0v) is 28.0. The molecule has 3 atom stereocenters. The molecule has 14 heteroatoms. The van der Waals surface area contributed by atoms with Crippen molar-refractivity contribution in [1.82, 2.24) is 19.0 Å². The van der Waals surface area contributed by atoms with E-state index in [0.29, 0.717) is 16.1 Å². The highest BCUT2D eigenvalue weighted by Gasteiger charge is 2.56. The van der Waals surface area contributed by atoms with Crippen molar-refractivity contribution in [2.75, 3.05) is 27.3 Å². The second-order valence-electron chi connectivity index (χ2n) is 11.7. The number of rotatable bonds is 10. The quantitative estimate of drug-likeness (QED) is 0.339. The van der Waals surface area contributed by atoms with Gasteiger partial charge in [-0.15, -0.1) is 0 Å². The largest absolute Gasteiger partial charge is 0.497 e. The lowest BCUT2D eigenvalue weighted by Crippen LogP contribution is -2.76. The average molecular weight is 685 g/mol. The molecule has 3 amide bonds. The Hall–Kier alpha value is -4.33. The molecule has 0 aliphatic carbocycles. The molecule has 12 nitrogen and oxygen atoms in total. The Morgan fingerprint density at radius 1 is 0.957 bits per heavy atom. The Bertz CT molecular complexity index is 1740. The van der Waals surface area contributed by atoms with Crippen LogP contribution in [0.2, 0.25) is 5.02 Å². The maximum Gasteiger partial charge on any atom is 0.408 e. The maximum absolute atomic E-state index is 14.7. The van der Waals surface area contributed by atoms with Gasteiger partial charge in [-0.3, -0.25) is 14.5 Å². The molecule has 0 aromatic heterocycles. The van der Waals surface area contributed by atoms with E-state index >= 15 is 0 Å². The fraction of sp³-hybridized carbons (Fsp3) is 0.364. The summed E-state index contributed by atoms with van der Waals surface area (Å²) in [7, 11) is -1.77. The van der Waals surface area contributed by atoms with Crippen LogP contribution in [-0.4, -0.2) is 102 Å². The van der Waals surface area contributed by atoms with E-state index in [2.05, 4.69) is 0 Å². The van der Waals surface area contributed by atoms with E-state index in [9.17, 15) is 27.9 Å². The number of methoxy groups -OCH3 is 2. The molecular weight excluding hydrogens is 648 g/mol. The highest BCUT2D eigenvalue weighted by atomic mass is 35.5. The molecule has 2 aliphatic heterocycles. The highest BCUT2D eigenvalue weighted by Crippen LogP contribution is 2.37. The summed E-state index contributed by atoms with van der Waals surface area (Å²) in [5.74, 6) is -0.740. The molecule has 0 spiro atoms. The van der Waals surface area contributed by atoms with Gasteiger partial charge in [0.25, 0.3) is 0 Å². The van der Waals surface area contributed by atoms with Gasteiger partial charge in [-0.05, 0) is 49.2 Å². The summed E-state index contributed by atoms with van der Waals surface area (Å²) in [6, 6.07) is 16.9. The number of hydrogen-bond donors (Lipinski definition) is 1. The van der Waals surface area contributed by atoms with Gasteiger partial charge in [0.05, 0.1) is 20.8 Å². The predicted octanol–water partition coefficient (Wildman–Crippen LogP) is 3.93. The Labute approximate surface area is 279 Å². The standard InChI is InChI=1S/C33H37ClN4O8S/c1-21(2)35-20-30-37(47(43,44)29-17-25(45-3)14-15-28(29)46-4)19-27(36(33(41)42)18-23-8-6-5-7-9-23)32(40)38(30)26(31(35)39)16-22-10-12-24(34)13-11-22/h5-15,17,21,26-27,30H,16,18-20H2,1-4H3,(H,41,42). The van der Waals surface area contributed by atoms with Gasteiger partial charge in [0, 0.05) is 36.6 Å². The van der Waals surface area contributed by atoms with Crippen molar-refractivity contribution >= 4 is 39.5 Å². The molecule has 47 heavy (non-hydrogen) atoms. The zero-order valence-electron chi connectivity index (χ0n) is 26.4. The second kappa shape index (κ2) is 13.8. The van der Waals surface area contributed by atoms with Crippen LogP contribution < -0.4 is 9.47 Å². The van der Waals surface area contributed by atoms with Crippen LogP contribution in [0.25, 0.3) is 0 Å². The summed E-state index contributed by atoms with van der Waals surface area (Å²) >= 11 is 6.11. The number of piperazine rings is 1. The smallest absolute Gasteiger partial charge is 0.408 e. The molecule has 0 bridgehead atoms. The van der Waals surface area contributed by atoms with Gasteiger partial charge in [-0.25, -0.2) is 13.2 Å². The minimum Gasteiger partial charge on any atom is -0.497 e. The Morgan fingerprint density at radius 3 is 2.23 bits per heavy atom. The first-order valence-electron chi connectivity index (χ1n) is 15.0. The Kier molecular flexibility index (Phi) is 9.99. The van der Waals surface area contributed by atoms with E-state index in [-0.39, 0.29) is 47.9 Å². The third kappa shape index (κ3) is 6.74. The van der Waals surface area contributed by atoms with E-state index in [0.717, 1.165) is 9.21 Å². The molecule has 3 aromatic carbocycles. The van der Waals surface area contributed by atoms with Gasteiger partial charge in [-0.1, -0.05) is 54.1 Å². The second-order valence-corrected chi connectivity index (χ2v) is 14.0. The van der Waals surface area contributed by atoms with Crippen molar-refractivity contribution in [3.8, 4) is 11.5 Å². The molecule has 3 unspecified atom stereocenters. The van der Waals surface area contributed by atoms with Crippen molar-refractivity contribution in [3.63, 3.8) is 0 Å². The zero-order chi connectivity index (χ0) is 34.0. The highest BCUT2D eigenvalue weighted by molar-refractivity contribution is 7.89. The predicted molar refractivity (Wildman–Crippen MR) is 174 cm³/mol. The molecule has 0 saturated carbocycles. The number of carbonyl (C=O) groups excluding carboxylic acids is 2. The molecule has 250 valence electrons. The molecule has 2 fully saturated rings. The Balaban J connectivity index is 1.68. The molecule has 2 saturated heterocycles. The van der Waals surface area contributed by atoms with Crippen molar-refractivity contribution in [2.45, 2.75) is 56.0 Å². The van der Waals surface area contributed by atoms with E-state index in [4.69, 9.17) is 21.1 Å². The number of amides is 3. The molecule has 0 radical (unpaired) electrons. The molecule has 3 aromatic rings. The summed E-state index contributed by atoms with van der Waals surface area (Å²) in [6.45, 7) is 2.83. The topological polar surface area (TPSA) is 137 Å². The third-order valence-electron chi connectivity index (χ3n) is 8.55. The normalized spacial score (nSPS) is 20.3. The van der Waals surface area contributed by atoms with Crippen LogP contribution in [0, 0.1) is 0 Å². The van der Waals surface area contributed by atoms with Gasteiger partial charge in [0.15, 0.2) is 0 Å². The number of sulfonamides is 1. The number of halogens is 1. The third-order valence-corrected chi connectivity index (χ3v) is 10.7. The summed E-state index contributed by atoms with van der Waals surface area (Å²) in [5, 5.41) is 10.9. The SMILES string of the molecule is COc1ccc(OC)c(S(=O)(=O)N2CC(N(Cc3ccccc3)C(=O)O)C(=O)N3C(Cc4ccc(Cl)cc4)C(=O)N(C(C)C)CC32)c1. The van der Waals surface area contributed by atoms with Crippen molar-refractivity contribution in [3.05, 3.63) is 88.9 Å². The van der Waals surface area contributed by atoms with E-state index in [1.165, 1.54) is 31.3 Å². The lowest BCUT2D eigenvalue weighted by molar-refractivity contribution is -0.171. The number of carbonyl (C=O) groups is 3. The number of ether oxygens (including phenoxy) is 2. The maximum atomic E-state index is 14.7. The van der Waals surface area contributed by atoms with Crippen LogP contribution in [0.1, 0.15) is 25.0 Å². The fourth-order valence-electron chi connectivity index (χ4n) is 6.13. The summed E-state index contributed by atoms with van der Waals surface area (Å²) in [6.07, 6.45) is -2.51. The molecule has 2 aliphatic rings.